The number of hydrogen-bond donors (Lipinski definition) is 2. The molecule has 1 atom stereocenters. The predicted octanol–water partition coefficient (Wildman–Crippen LogP) is 0.969. The van der Waals surface area contributed by atoms with Gasteiger partial charge in [-0.1, -0.05) is 0 Å². The van der Waals surface area contributed by atoms with E-state index in [9.17, 15) is 9.59 Å². The normalized spacial score (nSPS) is 19.1. The monoisotopic (exact) mass is 285 g/mol. The first kappa shape index (κ1) is 16.9. The zero-order valence-electron chi connectivity index (χ0n) is 12.8. The van der Waals surface area contributed by atoms with Gasteiger partial charge in [-0.3, -0.25) is 15.0 Å². The van der Waals surface area contributed by atoms with Crippen LogP contribution in [0.3, 0.4) is 0 Å². The minimum absolute atomic E-state index is 0.229. The standard InChI is InChI=1S/C14H27N3O3/c1-4-20-14(19)16-13(18)10-17(11(2)3)9-12-6-5-7-15-8-12/h11-12,15H,4-10H2,1-3H3,(H,16,18,19). The van der Waals surface area contributed by atoms with Crippen LogP contribution in [0.15, 0.2) is 0 Å². The fourth-order valence-corrected chi connectivity index (χ4v) is 2.37. The largest absolute Gasteiger partial charge is 0.450 e. The summed E-state index contributed by atoms with van der Waals surface area (Å²) >= 11 is 0. The van der Waals surface area contributed by atoms with Gasteiger partial charge in [0, 0.05) is 12.6 Å². The van der Waals surface area contributed by atoms with Crippen LogP contribution in [0.5, 0.6) is 0 Å². The third-order valence-electron chi connectivity index (χ3n) is 3.49. The number of alkyl carbamates (subject to hydrolysis) is 1. The molecule has 2 N–H and O–H groups in total. The highest BCUT2D eigenvalue weighted by atomic mass is 16.5. The Morgan fingerprint density at radius 1 is 1.45 bits per heavy atom. The molecule has 1 aliphatic heterocycles. The van der Waals surface area contributed by atoms with E-state index in [-0.39, 0.29) is 25.1 Å². The maximum Gasteiger partial charge on any atom is 0.413 e. The maximum absolute atomic E-state index is 11.8. The summed E-state index contributed by atoms with van der Waals surface area (Å²) in [5.41, 5.74) is 0. The van der Waals surface area contributed by atoms with Crippen LogP contribution in [-0.2, 0) is 9.53 Å². The summed E-state index contributed by atoms with van der Waals surface area (Å²) in [5.74, 6) is 0.266. The molecular weight excluding hydrogens is 258 g/mol. The van der Waals surface area contributed by atoms with Crippen LogP contribution in [0.25, 0.3) is 0 Å². The van der Waals surface area contributed by atoms with Crippen LogP contribution in [0.2, 0.25) is 0 Å². The van der Waals surface area contributed by atoms with E-state index in [4.69, 9.17) is 4.74 Å². The van der Waals surface area contributed by atoms with Gasteiger partial charge in [-0.2, -0.15) is 0 Å². The molecule has 1 aliphatic rings. The second kappa shape index (κ2) is 8.92. The smallest absolute Gasteiger partial charge is 0.413 e. The number of carbonyl (C=O) groups is 2. The molecule has 0 aromatic carbocycles. The third-order valence-corrected chi connectivity index (χ3v) is 3.49. The van der Waals surface area contributed by atoms with Crippen LogP contribution >= 0.6 is 0 Å². The molecule has 0 aromatic heterocycles. The van der Waals surface area contributed by atoms with Crippen LogP contribution < -0.4 is 10.6 Å². The molecule has 116 valence electrons. The van der Waals surface area contributed by atoms with Crippen LogP contribution in [-0.4, -0.2) is 55.7 Å². The lowest BCUT2D eigenvalue weighted by Crippen LogP contribution is -2.46. The second-order valence-corrected chi connectivity index (χ2v) is 5.50. The van der Waals surface area contributed by atoms with Crippen molar-refractivity contribution in [1.29, 1.82) is 0 Å². The van der Waals surface area contributed by atoms with E-state index in [1.165, 1.54) is 12.8 Å². The summed E-state index contributed by atoms with van der Waals surface area (Å²) in [6.45, 7) is 9.29. The van der Waals surface area contributed by atoms with Crippen molar-refractivity contribution in [3.8, 4) is 0 Å². The minimum atomic E-state index is -0.666. The topological polar surface area (TPSA) is 70.7 Å². The van der Waals surface area contributed by atoms with Crippen LogP contribution in [0, 0.1) is 5.92 Å². The van der Waals surface area contributed by atoms with Gasteiger partial charge < -0.3 is 10.1 Å². The van der Waals surface area contributed by atoms with E-state index in [0.717, 1.165) is 19.6 Å². The highest BCUT2D eigenvalue weighted by Crippen LogP contribution is 2.13. The van der Waals surface area contributed by atoms with E-state index in [1.807, 2.05) is 0 Å². The number of imide groups is 1. The highest BCUT2D eigenvalue weighted by molar-refractivity contribution is 5.92. The fourth-order valence-electron chi connectivity index (χ4n) is 2.37. The van der Waals surface area contributed by atoms with Crippen LogP contribution in [0.4, 0.5) is 4.79 Å². The maximum atomic E-state index is 11.8. The summed E-state index contributed by atoms with van der Waals surface area (Å²) in [5, 5.41) is 5.63. The molecule has 20 heavy (non-hydrogen) atoms. The number of nitrogens with zero attached hydrogens (tertiary/aromatic N) is 1. The van der Waals surface area contributed by atoms with Gasteiger partial charge in [-0.25, -0.2) is 4.79 Å². The van der Waals surface area contributed by atoms with Crippen molar-refractivity contribution < 1.29 is 14.3 Å². The summed E-state index contributed by atoms with van der Waals surface area (Å²) in [4.78, 5) is 25.1. The van der Waals surface area contributed by atoms with Gasteiger partial charge >= 0.3 is 6.09 Å². The molecule has 6 nitrogen and oxygen atoms in total. The molecule has 0 aliphatic carbocycles. The fraction of sp³-hybridized carbons (Fsp3) is 0.857. The van der Waals surface area contributed by atoms with Gasteiger partial charge in [-0.05, 0) is 52.6 Å². The lowest BCUT2D eigenvalue weighted by atomic mass is 9.98. The summed E-state index contributed by atoms with van der Waals surface area (Å²) in [6, 6.07) is 0.268. The number of ether oxygens (including phenoxy) is 1. The molecule has 0 radical (unpaired) electrons. The SMILES string of the molecule is CCOC(=O)NC(=O)CN(CC1CCCNC1)C(C)C. The first-order valence-electron chi connectivity index (χ1n) is 7.44. The zero-order chi connectivity index (χ0) is 15.0. The Hall–Kier alpha value is -1.14. The van der Waals surface area contributed by atoms with Crippen molar-refractivity contribution in [2.24, 2.45) is 5.92 Å². The first-order chi connectivity index (χ1) is 9.52. The third kappa shape index (κ3) is 6.34. The molecule has 1 saturated heterocycles. The number of nitrogens with one attached hydrogen (secondary N) is 2. The number of carbonyl (C=O) groups excluding carboxylic acids is 2. The quantitative estimate of drug-likeness (QED) is 0.761. The summed E-state index contributed by atoms with van der Waals surface area (Å²) in [7, 11) is 0. The molecule has 1 rings (SSSR count). The zero-order valence-corrected chi connectivity index (χ0v) is 12.8. The van der Waals surface area contributed by atoms with Crippen molar-refractivity contribution in [1.82, 2.24) is 15.5 Å². The van der Waals surface area contributed by atoms with Gasteiger partial charge in [0.15, 0.2) is 0 Å². The highest BCUT2D eigenvalue weighted by Gasteiger charge is 2.21. The van der Waals surface area contributed by atoms with Crippen molar-refractivity contribution in [2.45, 2.75) is 39.7 Å². The summed E-state index contributed by atoms with van der Waals surface area (Å²) < 4.78 is 4.71. The average molecular weight is 285 g/mol. The van der Waals surface area contributed by atoms with Gasteiger partial charge in [0.05, 0.1) is 13.2 Å². The summed E-state index contributed by atoms with van der Waals surface area (Å²) in [6.07, 6.45) is 1.71. The molecule has 1 heterocycles. The molecule has 1 unspecified atom stereocenters. The molecule has 2 amide bonds. The molecule has 0 saturated carbocycles. The number of rotatable bonds is 6. The van der Waals surface area contributed by atoms with Crippen LogP contribution in [0.1, 0.15) is 33.6 Å². The van der Waals surface area contributed by atoms with Crippen molar-refractivity contribution >= 4 is 12.0 Å². The van der Waals surface area contributed by atoms with E-state index < -0.39 is 6.09 Å². The molecule has 0 aromatic rings. The Kier molecular flexibility index (Phi) is 7.54. The van der Waals surface area contributed by atoms with E-state index in [1.54, 1.807) is 6.92 Å². The average Bonchev–Trinajstić information content (AvgIpc) is 2.39. The molecule has 0 spiro atoms. The Labute approximate surface area is 121 Å². The molecule has 1 fully saturated rings. The predicted molar refractivity (Wildman–Crippen MR) is 77.5 cm³/mol. The lowest BCUT2D eigenvalue weighted by Gasteiger charge is -2.32. The van der Waals surface area contributed by atoms with E-state index >= 15 is 0 Å². The molecule has 0 bridgehead atoms. The Morgan fingerprint density at radius 3 is 2.75 bits per heavy atom. The number of hydrogen-bond acceptors (Lipinski definition) is 5. The van der Waals surface area contributed by atoms with Gasteiger partial charge in [0.1, 0.15) is 0 Å². The van der Waals surface area contributed by atoms with E-state index in [2.05, 4.69) is 29.4 Å². The van der Waals surface area contributed by atoms with Crippen molar-refractivity contribution in [3.63, 3.8) is 0 Å². The van der Waals surface area contributed by atoms with Gasteiger partial charge in [0.25, 0.3) is 0 Å². The van der Waals surface area contributed by atoms with Gasteiger partial charge in [-0.15, -0.1) is 0 Å². The molecule has 6 heteroatoms. The second-order valence-electron chi connectivity index (χ2n) is 5.50. The van der Waals surface area contributed by atoms with E-state index in [0.29, 0.717) is 5.92 Å². The lowest BCUT2D eigenvalue weighted by molar-refractivity contribution is -0.122. The first-order valence-corrected chi connectivity index (χ1v) is 7.44. The Balaban J connectivity index is 2.41. The van der Waals surface area contributed by atoms with Crippen molar-refractivity contribution in [2.75, 3.05) is 32.8 Å². The van der Waals surface area contributed by atoms with Crippen molar-refractivity contribution in [3.05, 3.63) is 0 Å². The minimum Gasteiger partial charge on any atom is -0.450 e. The molecular formula is C14H27N3O3. The Morgan fingerprint density at radius 2 is 2.20 bits per heavy atom. The van der Waals surface area contributed by atoms with Gasteiger partial charge in [0.2, 0.25) is 5.91 Å². The number of piperidine rings is 1. The number of amides is 2. The Bertz CT molecular complexity index is 315.